The summed E-state index contributed by atoms with van der Waals surface area (Å²) in [4.78, 5) is 28.9. The monoisotopic (exact) mass is 328 g/mol. The van der Waals surface area contributed by atoms with Gasteiger partial charge in [0.05, 0.1) is 19.8 Å². The van der Waals surface area contributed by atoms with Crippen LogP contribution in [0.3, 0.4) is 0 Å². The van der Waals surface area contributed by atoms with Crippen molar-refractivity contribution in [3.63, 3.8) is 0 Å². The molecule has 132 valence electrons. The Kier molecular flexibility index (Phi) is 6.00. The Balaban J connectivity index is 1.85. The molecule has 0 radical (unpaired) electrons. The van der Waals surface area contributed by atoms with E-state index < -0.39 is 12.0 Å². The summed E-state index contributed by atoms with van der Waals surface area (Å²) in [7, 11) is 1.29. The number of nitrogens with one attached hydrogen (secondary N) is 1. The molecule has 2 fully saturated rings. The van der Waals surface area contributed by atoms with E-state index in [4.69, 9.17) is 9.68 Å². The lowest BCUT2D eigenvalue weighted by Crippen LogP contribution is -2.44. The van der Waals surface area contributed by atoms with Crippen LogP contribution in [0.5, 0.6) is 0 Å². The zero-order valence-corrected chi connectivity index (χ0v) is 14.5. The molecule has 1 saturated heterocycles. The Hall–Kier alpha value is -1.18. The lowest BCUT2D eigenvalue weighted by molar-refractivity contribution is -0.204. The molecule has 1 aliphatic carbocycles. The largest absolute Gasteiger partial charge is 0.467 e. The maximum atomic E-state index is 12.2. The van der Waals surface area contributed by atoms with Gasteiger partial charge in [-0.1, -0.05) is 27.2 Å². The Morgan fingerprint density at radius 2 is 2.17 bits per heavy atom. The molecule has 0 aromatic rings. The molecule has 1 saturated carbocycles. The maximum absolute atomic E-state index is 12.2. The van der Waals surface area contributed by atoms with E-state index in [0.29, 0.717) is 5.92 Å². The number of carbonyl (C=O) groups is 2. The molecule has 0 aromatic heterocycles. The zero-order chi connectivity index (χ0) is 17.0. The molecule has 1 heterocycles. The predicted molar refractivity (Wildman–Crippen MR) is 82.9 cm³/mol. The van der Waals surface area contributed by atoms with Gasteiger partial charge in [0.25, 0.3) is 5.91 Å². The summed E-state index contributed by atoms with van der Waals surface area (Å²) in [6.45, 7) is 6.88. The number of nitrogens with zero attached hydrogens (tertiary/aromatic N) is 1. The Morgan fingerprint density at radius 3 is 2.83 bits per heavy atom. The fourth-order valence-corrected chi connectivity index (χ4v) is 3.25. The first-order chi connectivity index (χ1) is 10.9. The third-order valence-electron chi connectivity index (χ3n) is 5.25. The van der Waals surface area contributed by atoms with Crippen LogP contribution in [0.4, 0.5) is 0 Å². The van der Waals surface area contributed by atoms with Crippen molar-refractivity contribution in [1.29, 1.82) is 0 Å². The first kappa shape index (κ1) is 18.2. The van der Waals surface area contributed by atoms with E-state index in [9.17, 15) is 9.59 Å². The van der Waals surface area contributed by atoms with E-state index in [0.717, 1.165) is 24.3 Å². The molecule has 2 unspecified atom stereocenters. The van der Waals surface area contributed by atoms with Gasteiger partial charge in [-0.05, 0) is 30.6 Å². The third kappa shape index (κ3) is 4.22. The second kappa shape index (κ2) is 7.59. The molecule has 23 heavy (non-hydrogen) atoms. The number of esters is 1. The van der Waals surface area contributed by atoms with Crippen LogP contribution in [0.25, 0.3) is 0 Å². The van der Waals surface area contributed by atoms with Gasteiger partial charge in [-0.2, -0.15) is 15.5 Å². The van der Waals surface area contributed by atoms with Gasteiger partial charge in [-0.15, -0.1) is 0 Å². The number of ether oxygens (including phenoxy) is 2. The number of carbonyl (C=O) groups excluding carboxylic acids is 2. The smallest absolute Gasteiger partial charge is 0.332 e. The van der Waals surface area contributed by atoms with Crippen molar-refractivity contribution in [3.05, 3.63) is 0 Å². The molecule has 1 N–H and O–H groups in total. The highest BCUT2D eigenvalue weighted by molar-refractivity contribution is 5.84. The lowest BCUT2D eigenvalue weighted by atomic mass is 9.67. The molecule has 1 amide bonds. The summed E-state index contributed by atoms with van der Waals surface area (Å²) in [5, 5.41) is 1.01. The van der Waals surface area contributed by atoms with Crippen molar-refractivity contribution in [2.45, 2.75) is 58.6 Å². The fourth-order valence-electron chi connectivity index (χ4n) is 3.25. The van der Waals surface area contributed by atoms with E-state index in [-0.39, 0.29) is 30.6 Å². The average Bonchev–Trinajstić information content (AvgIpc) is 3.01. The Morgan fingerprint density at radius 1 is 1.43 bits per heavy atom. The van der Waals surface area contributed by atoms with Crippen LogP contribution in [0.1, 0.15) is 46.5 Å². The minimum atomic E-state index is -0.761. The van der Waals surface area contributed by atoms with Gasteiger partial charge in [0.2, 0.25) is 0 Å². The van der Waals surface area contributed by atoms with Gasteiger partial charge in [-0.3, -0.25) is 4.79 Å². The molecular formula is C16H28N2O5. The molecule has 7 heteroatoms. The summed E-state index contributed by atoms with van der Waals surface area (Å²) in [6, 6.07) is -0.761. The standard InChI is InChI=1S/C16H28N2O5/c1-11(2)16(3)7-5-6-12(8-16)22-10-14(19)18-13(9-17-23-18)15(20)21-4/h11-13,17H,5-10H2,1-4H3/t12?,13-,16?/m0/s1. The molecule has 0 bridgehead atoms. The highest BCUT2D eigenvalue weighted by atomic mass is 16.8. The maximum Gasteiger partial charge on any atom is 0.332 e. The highest BCUT2D eigenvalue weighted by Crippen LogP contribution is 2.42. The second-order valence-corrected chi connectivity index (χ2v) is 7.04. The molecule has 7 nitrogen and oxygen atoms in total. The van der Waals surface area contributed by atoms with Crippen molar-refractivity contribution < 1.29 is 24.0 Å². The summed E-state index contributed by atoms with van der Waals surface area (Å²) in [6.07, 6.45) is 4.31. The van der Waals surface area contributed by atoms with Crippen molar-refractivity contribution in [1.82, 2.24) is 10.5 Å². The van der Waals surface area contributed by atoms with E-state index >= 15 is 0 Å². The van der Waals surface area contributed by atoms with E-state index in [2.05, 4.69) is 31.0 Å². The number of methoxy groups -OCH3 is 1. The van der Waals surface area contributed by atoms with Crippen molar-refractivity contribution >= 4 is 11.9 Å². The molecular weight excluding hydrogens is 300 g/mol. The van der Waals surface area contributed by atoms with Crippen molar-refractivity contribution in [3.8, 4) is 0 Å². The van der Waals surface area contributed by atoms with Crippen LogP contribution < -0.4 is 5.48 Å². The van der Waals surface area contributed by atoms with Crippen LogP contribution in [-0.2, 0) is 24.0 Å². The highest BCUT2D eigenvalue weighted by Gasteiger charge is 2.39. The first-order valence-electron chi connectivity index (χ1n) is 8.28. The predicted octanol–water partition coefficient (Wildman–Crippen LogP) is 1.43. The van der Waals surface area contributed by atoms with Crippen LogP contribution in [0.15, 0.2) is 0 Å². The van der Waals surface area contributed by atoms with Crippen LogP contribution >= 0.6 is 0 Å². The second-order valence-electron chi connectivity index (χ2n) is 7.04. The Labute approximate surface area is 137 Å². The van der Waals surface area contributed by atoms with E-state index in [1.165, 1.54) is 13.5 Å². The van der Waals surface area contributed by atoms with E-state index in [1.54, 1.807) is 0 Å². The van der Waals surface area contributed by atoms with Gasteiger partial charge >= 0.3 is 5.97 Å². The molecule has 0 spiro atoms. The number of hydroxylamine groups is 3. The van der Waals surface area contributed by atoms with Gasteiger partial charge < -0.3 is 9.47 Å². The molecule has 1 aliphatic heterocycles. The number of amides is 1. The number of hydrogen-bond acceptors (Lipinski definition) is 6. The van der Waals surface area contributed by atoms with Crippen molar-refractivity contribution in [2.24, 2.45) is 11.3 Å². The normalized spacial score (nSPS) is 31.4. The zero-order valence-electron chi connectivity index (χ0n) is 14.5. The SMILES string of the molecule is COC(=O)[C@@H]1CNON1C(=O)COC1CCCC(C)(C(C)C)C1. The first-order valence-corrected chi connectivity index (χ1v) is 8.28. The van der Waals surface area contributed by atoms with Crippen LogP contribution in [0, 0.1) is 11.3 Å². The van der Waals surface area contributed by atoms with Gasteiger partial charge in [0, 0.05) is 0 Å². The fraction of sp³-hybridized carbons (Fsp3) is 0.875. The van der Waals surface area contributed by atoms with Crippen LogP contribution in [-0.4, -0.2) is 49.3 Å². The summed E-state index contributed by atoms with van der Waals surface area (Å²) >= 11 is 0. The summed E-state index contributed by atoms with van der Waals surface area (Å²) in [5.74, 6) is -0.296. The minimum absolute atomic E-state index is 0.0761. The lowest BCUT2D eigenvalue weighted by Gasteiger charge is -2.41. The topological polar surface area (TPSA) is 77.1 Å². The number of hydrogen-bond donors (Lipinski definition) is 1. The van der Waals surface area contributed by atoms with Crippen molar-refractivity contribution in [2.75, 3.05) is 20.3 Å². The van der Waals surface area contributed by atoms with E-state index in [1.807, 2.05) is 0 Å². The number of rotatable bonds is 5. The van der Waals surface area contributed by atoms with Gasteiger partial charge in [-0.25, -0.2) is 4.79 Å². The van der Waals surface area contributed by atoms with Gasteiger partial charge in [0.15, 0.2) is 6.04 Å². The quantitative estimate of drug-likeness (QED) is 0.769. The molecule has 0 aromatic carbocycles. The summed E-state index contributed by atoms with van der Waals surface area (Å²) in [5.41, 5.74) is 2.79. The molecule has 3 atom stereocenters. The van der Waals surface area contributed by atoms with Gasteiger partial charge in [0.1, 0.15) is 6.61 Å². The average molecular weight is 328 g/mol. The third-order valence-corrected chi connectivity index (χ3v) is 5.25. The molecule has 2 aliphatic rings. The molecule has 2 rings (SSSR count). The van der Waals surface area contributed by atoms with Crippen LogP contribution in [0.2, 0.25) is 0 Å². The summed E-state index contributed by atoms with van der Waals surface area (Å²) < 4.78 is 10.5. The Bertz CT molecular complexity index is 442. The minimum Gasteiger partial charge on any atom is -0.467 e.